The van der Waals surface area contributed by atoms with Crippen LogP contribution in [0.5, 0.6) is 0 Å². The second-order valence-electron chi connectivity index (χ2n) is 8.49. The third-order valence-corrected chi connectivity index (χ3v) is 5.01. The van der Waals surface area contributed by atoms with Gasteiger partial charge in [-0.1, -0.05) is 56.7 Å². The van der Waals surface area contributed by atoms with E-state index in [2.05, 4.69) is 61.6 Å². The average Bonchev–Trinajstić information content (AvgIpc) is 2.95. The van der Waals surface area contributed by atoms with Gasteiger partial charge in [0.2, 0.25) is 5.91 Å². The minimum Gasteiger partial charge on any atom is -0.376 e. The van der Waals surface area contributed by atoms with Crippen LogP contribution < -0.4 is 10.6 Å². The Morgan fingerprint density at radius 3 is 2.31 bits per heavy atom. The fourth-order valence-corrected chi connectivity index (χ4v) is 3.41. The maximum absolute atomic E-state index is 12.6. The standard InChI is InChI=1S/C24H30N4O/c1-16-11-13-19(14-12-16)28-18(3)23(17(2)27-28)26-22(29)15-25-21-10-8-7-9-20(21)24(4,5)6/h7-14,25H,15H2,1-6H3,(H,26,29). The number of carbonyl (C=O) groups excluding carboxylic acids is 1. The van der Waals surface area contributed by atoms with E-state index in [9.17, 15) is 4.79 Å². The molecular weight excluding hydrogens is 360 g/mol. The summed E-state index contributed by atoms with van der Waals surface area (Å²) in [4.78, 5) is 12.6. The number of nitrogens with one attached hydrogen (secondary N) is 2. The minimum absolute atomic E-state index is 0.00240. The molecule has 0 spiro atoms. The minimum atomic E-state index is -0.0941. The molecule has 0 atom stereocenters. The summed E-state index contributed by atoms with van der Waals surface area (Å²) < 4.78 is 1.87. The first-order chi connectivity index (χ1) is 13.7. The molecule has 5 nitrogen and oxygen atoms in total. The number of benzene rings is 2. The van der Waals surface area contributed by atoms with Crippen molar-refractivity contribution in [2.45, 2.75) is 47.0 Å². The van der Waals surface area contributed by atoms with Crippen molar-refractivity contribution in [3.63, 3.8) is 0 Å². The van der Waals surface area contributed by atoms with E-state index in [-0.39, 0.29) is 17.9 Å². The maximum atomic E-state index is 12.6. The topological polar surface area (TPSA) is 59.0 Å². The number of hydrogen-bond acceptors (Lipinski definition) is 3. The maximum Gasteiger partial charge on any atom is 0.243 e. The highest BCUT2D eigenvalue weighted by atomic mass is 16.1. The lowest BCUT2D eigenvalue weighted by molar-refractivity contribution is -0.114. The number of anilines is 2. The van der Waals surface area contributed by atoms with Crippen molar-refractivity contribution in [3.05, 3.63) is 71.0 Å². The number of rotatable bonds is 5. The predicted molar refractivity (Wildman–Crippen MR) is 120 cm³/mol. The van der Waals surface area contributed by atoms with E-state index in [4.69, 9.17) is 0 Å². The van der Waals surface area contributed by atoms with Crippen molar-refractivity contribution in [1.82, 2.24) is 9.78 Å². The van der Waals surface area contributed by atoms with Gasteiger partial charge >= 0.3 is 0 Å². The second kappa shape index (κ2) is 8.11. The lowest BCUT2D eigenvalue weighted by Gasteiger charge is -2.23. The molecule has 1 heterocycles. The van der Waals surface area contributed by atoms with Crippen LogP contribution in [0.3, 0.4) is 0 Å². The molecule has 0 aliphatic rings. The van der Waals surface area contributed by atoms with Gasteiger partial charge in [0.1, 0.15) is 0 Å². The molecule has 0 unspecified atom stereocenters. The van der Waals surface area contributed by atoms with Gasteiger partial charge in [-0.2, -0.15) is 5.10 Å². The van der Waals surface area contributed by atoms with E-state index in [0.717, 1.165) is 28.5 Å². The predicted octanol–water partition coefficient (Wildman–Crippen LogP) is 5.15. The molecule has 0 saturated heterocycles. The average molecular weight is 391 g/mol. The van der Waals surface area contributed by atoms with Gasteiger partial charge < -0.3 is 10.6 Å². The molecule has 5 heteroatoms. The van der Waals surface area contributed by atoms with Gasteiger partial charge in [0.25, 0.3) is 0 Å². The first-order valence-corrected chi connectivity index (χ1v) is 9.93. The summed E-state index contributed by atoms with van der Waals surface area (Å²) >= 11 is 0. The molecule has 0 aliphatic heterocycles. The Balaban J connectivity index is 1.73. The summed E-state index contributed by atoms with van der Waals surface area (Å²) in [6, 6.07) is 16.3. The molecule has 152 valence electrons. The third kappa shape index (κ3) is 4.67. The normalized spacial score (nSPS) is 11.4. The van der Waals surface area contributed by atoms with Crippen molar-refractivity contribution in [2.24, 2.45) is 0 Å². The molecule has 0 aliphatic carbocycles. The number of para-hydroxylation sites is 1. The molecule has 3 aromatic rings. The highest BCUT2D eigenvalue weighted by Gasteiger charge is 2.19. The van der Waals surface area contributed by atoms with E-state index >= 15 is 0 Å². The van der Waals surface area contributed by atoms with E-state index in [1.165, 1.54) is 11.1 Å². The Kier molecular flexibility index (Phi) is 5.78. The van der Waals surface area contributed by atoms with Crippen LogP contribution in [0.2, 0.25) is 0 Å². The molecule has 2 aromatic carbocycles. The highest BCUT2D eigenvalue weighted by Crippen LogP contribution is 2.29. The van der Waals surface area contributed by atoms with Gasteiger partial charge in [0, 0.05) is 5.69 Å². The third-order valence-electron chi connectivity index (χ3n) is 5.01. The highest BCUT2D eigenvalue weighted by molar-refractivity contribution is 5.95. The summed E-state index contributed by atoms with van der Waals surface area (Å²) in [6.07, 6.45) is 0. The Morgan fingerprint density at radius 2 is 1.66 bits per heavy atom. The number of aromatic nitrogens is 2. The number of amides is 1. The molecule has 29 heavy (non-hydrogen) atoms. The molecule has 0 bridgehead atoms. The van der Waals surface area contributed by atoms with Gasteiger partial charge in [-0.3, -0.25) is 4.79 Å². The lowest BCUT2D eigenvalue weighted by atomic mass is 9.86. The monoisotopic (exact) mass is 390 g/mol. The van der Waals surface area contributed by atoms with E-state index in [0.29, 0.717) is 0 Å². The molecule has 1 amide bonds. The first-order valence-electron chi connectivity index (χ1n) is 9.93. The fourth-order valence-electron chi connectivity index (χ4n) is 3.41. The van der Waals surface area contributed by atoms with Crippen molar-refractivity contribution in [2.75, 3.05) is 17.2 Å². The van der Waals surface area contributed by atoms with Gasteiger partial charge in [0.15, 0.2) is 0 Å². The number of aryl methyl sites for hydroxylation is 2. The van der Waals surface area contributed by atoms with Gasteiger partial charge in [-0.25, -0.2) is 4.68 Å². The summed E-state index contributed by atoms with van der Waals surface area (Å²) in [7, 11) is 0. The quantitative estimate of drug-likeness (QED) is 0.634. The smallest absolute Gasteiger partial charge is 0.243 e. The van der Waals surface area contributed by atoms with E-state index < -0.39 is 0 Å². The van der Waals surface area contributed by atoms with Crippen LogP contribution in [0.1, 0.15) is 43.3 Å². The van der Waals surface area contributed by atoms with E-state index in [1.807, 2.05) is 48.9 Å². The van der Waals surface area contributed by atoms with Crippen molar-refractivity contribution >= 4 is 17.3 Å². The molecule has 0 radical (unpaired) electrons. The SMILES string of the molecule is Cc1ccc(-n2nc(C)c(NC(=O)CNc3ccccc3C(C)(C)C)c2C)cc1. The zero-order chi connectivity index (χ0) is 21.2. The van der Waals surface area contributed by atoms with Crippen LogP contribution in [0, 0.1) is 20.8 Å². The summed E-state index contributed by atoms with van der Waals surface area (Å²) in [5, 5.41) is 10.9. The number of nitrogens with zero attached hydrogens (tertiary/aromatic N) is 2. The largest absolute Gasteiger partial charge is 0.376 e. The zero-order valence-corrected chi connectivity index (χ0v) is 18.1. The number of carbonyl (C=O) groups is 1. The fraction of sp³-hybridized carbons (Fsp3) is 0.333. The summed E-state index contributed by atoms with van der Waals surface area (Å²) in [6.45, 7) is 12.6. The Labute approximate surface area is 173 Å². The van der Waals surface area contributed by atoms with Crippen molar-refractivity contribution in [1.29, 1.82) is 0 Å². The number of hydrogen-bond donors (Lipinski definition) is 2. The van der Waals surface area contributed by atoms with Crippen molar-refractivity contribution in [3.8, 4) is 5.69 Å². The molecule has 0 saturated carbocycles. The molecular formula is C24H30N4O. The lowest BCUT2D eigenvalue weighted by Crippen LogP contribution is -2.24. The van der Waals surface area contributed by atoms with Crippen LogP contribution >= 0.6 is 0 Å². The summed E-state index contributed by atoms with van der Waals surface area (Å²) in [5.74, 6) is -0.0941. The van der Waals surface area contributed by atoms with Crippen LogP contribution in [0.15, 0.2) is 48.5 Å². The Hall–Kier alpha value is -3.08. The van der Waals surface area contributed by atoms with Crippen LogP contribution in [0.25, 0.3) is 5.69 Å². The molecule has 0 fully saturated rings. The zero-order valence-electron chi connectivity index (χ0n) is 18.1. The van der Waals surface area contributed by atoms with Gasteiger partial charge in [-0.15, -0.1) is 0 Å². The Bertz CT molecular complexity index is 1010. The van der Waals surface area contributed by atoms with Gasteiger partial charge in [-0.05, 0) is 49.9 Å². The molecule has 2 N–H and O–H groups in total. The summed E-state index contributed by atoms with van der Waals surface area (Å²) in [5.41, 5.74) is 6.83. The van der Waals surface area contributed by atoms with E-state index in [1.54, 1.807) is 0 Å². The van der Waals surface area contributed by atoms with Gasteiger partial charge in [0.05, 0.1) is 29.3 Å². The van der Waals surface area contributed by atoms with Crippen LogP contribution in [-0.2, 0) is 10.2 Å². The van der Waals surface area contributed by atoms with Crippen molar-refractivity contribution < 1.29 is 4.79 Å². The van der Waals surface area contributed by atoms with Crippen LogP contribution in [-0.4, -0.2) is 22.2 Å². The molecule has 3 rings (SSSR count). The Morgan fingerprint density at radius 1 is 1.00 bits per heavy atom. The molecule has 1 aromatic heterocycles. The second-order valence-corrected chi connectivity index (χ2v) is 8.49. The first kappa shape index (κ1) is 20.6. The van der Waals surface area contributed by atoms with Crippen LogP contribution in [0.4, 0.5) is 11.4 Å².